The second kappa shape index (κ2) is 7.80. The van der Waals surface area contributed by atoms with Crippen molar-refractivity contribution in [2.45, 2.75) is 38.6 Å². The van der Waals surface area contributed by atoms with Crippen LogP contribution < -0.4 is 0 Å². The van der Waals surface area contributed by atoms with E-state index in [1.54, 1.807) is 7.11 Å². The number of methoxy groups -OCH3 is 1. The smallest absolute Gasteiger partial charge is 0.225 e. The minimum Gasteiger partial charge on any atom is -0.385 e. The number of fused-ring (bicyclic) bond motifs is 1. The Labute approximate surface area is 144 Å². The molecule has 1 fully saturated rings. The molecule has 3 rings (SSSR count). The summed E-state index contributed by atoms with van der Waals surface area (Å²) in [5.74, 6) is 0.359. The third kappa shape index (κ3) is 3.46. The molecule has 0 N–H and O–H groups in total. The number of carbonyl (C=O) groups excluding carboxylic acids is 1. The van der Waals surface area contributed by atoms with Gasteiger partial charge in [-0.2, -0.15) is 0 Å². The SMILES string of the molecule is COCCC[C@H](C)C(=O)N1CCC[C@H]1c1cccc2ccccc12. The minimum atomic E-state index is 0.0655. The van der Waals surface area contributed by atoms with Gasteiger partial charge in [0.05, 0.1) is 6.04 Å². The summed E-state index contributed by atoms with van der Waals surface area (Å²) in [6.45, 7) is 3.65. The van der Waals surface area contributed by atoms with E-state index in [1.165, 1.54) is 16.3 Å². The number of carbonyl (C=O) groups is 1. The molecule has 2 aromatic rings. The van der Waals surface area contributed by atoms with E-state index in [0.717, 1.165) is 38.8 Å². The van der Waals surface area contributed by atoms with Crippen LogP contribution in [-0.4, -0.2) is 31.1 Å². The summed E-state index contributed by atoms with van der Waals surface area (Å²) in [7, 11) is 1.71. The van der Waals surface area contributed by atoms with Crippen LogP contribution in [-0.2, 0) is 9.53 Å². The summed E-state index contributed by atoms with van der Waals surface area (Å²) in [6, 6.07) is 15.1. The number of amides is 1. The van der Waals surface area contributed by atoms with Crippen LogP contribution in [0.15, 0.2) is 42.5 Å². The molecule has 1 amide bonds. The lowest BCUT2D eigenvalue weighted by molar-refractivity contribution is -0.136. The van der Waals surface area contributed by atoms with Crippen LogP contribution in [0.25, 0.3) is 10.8 Å². The van der Waals surface area contributed by atoms with Crippen LogP contribution in [0.4, 0.5) is 0 Å². The predicted molar refractivity (Wildman–Crippen MR) is 97.9 cm³/mol. The molecule has 0 bridgehead atoms. The van der Waals surface area contributed by atoms with E-state index in [0.29, 0.717) is 5.91 Å². The number of ether oxygens (including phenoxy) is 1. The van der Waals surface area contributed by atoms with Gasteiger partial charge in [-0.1, -0.05) is 49.4 Å². The van der Waals surface area contributed by atoms with Gasteiger partial charge in [-0.15, -0.1) is 0 Å². The zero-order valence-corrected chi connectivity index (χ0v) is 14.7. The van der Waals surface area contributed by atoms with Gasteiger partial charge < -0.3 is 9.64 Å². The molecule has 0 radical (unpaired) electrons. The highest BCUT2D eigenvalue weighted by atomic mass is 16.5. The number of hydrogen-bond acceptors (Lipinski definition) is 2. The van der Waals surface area contributed by atoms with Gasteiger partial charge in [0.1, 0.15) is 0 Å². The van der Waals surface area contributed by atoms with Crippen molar-refractivity contribution in [2.24, 2.45) is 5.92 Å². The highest BCUT2D eigenvalue weighted by molar-refractivity contribution is 5.87. The molecular formula is C21H27NO2. The Morgan fingerprint density at radius 3 is 2.88 bits per heavy atom. The van der Waals surface area contributed by atoms with E-state index >= 15 is 0 Å². The van der Waals surface area contributed by atoms with Crippen LogP contribution in [0.3, 0.4) is 0 Å². The fourth-order valence-electron chi connectivity index (χ4n) is 3.84. The Bertz CT molecular complexity index is 692. The summed E-state index contributed by atoms with van der Waals surface area (Å²) in [4.78, 5) is 15.1. The first-order valence-electron chi connectivity index (χ1n) is 8.99. The number of benzene rings is 2. The van der Waals surface area contributed by atoms with Gasteiger partial charge in [0, 0.05) is 26.2 Å². The van der Waals surface area contributed by atoms with Gasteiger partial charge in [0.25, 0.3) is 0 Å². The molecule has 1 heterocycles. The number of rotatable bonds is 6. The van der Waals surface area contributed by atoms with Crippen LogP contribution in [0.2, 0.25) is 0 Å². The quantitative estimate of drug-likeness (QED) is 0.728. The molecule has 128 valence electrons. The topological polar surface area (TPSA) is 29.5 Å². The maximum atomic E-state index is 12.9. The summed E-state index contributed by atoms with van der Waals surface area (Å²) >= 11 is 0. The van der Waals surface area contributed by atoms with Gasteiger partial charge in [-0.3, -0.25) is 4.79 Å². The second-order valence-electron chi connectivity index (χ2n) is 6.79. The minimum absolute atomic E-state index is 0.0655. The monoisotopic (exact) mass is 325 g/mol. The highest BCUT2D eigenvalue weighted by Crippen LogP contribution is 2.37. The number of likely N-dealkylation sites (tertiary alicyclic amines) is 1. The largest absolute Gasteiger partial charge is 0.385 e. The van der Waals surface area contributed by atoms with E-state index in [1.807, 2.05) is 0 Å². The Hall–Kier alpha value is -1.87. The summed E-state index contributed by atoms with van der Waals surface area (Å²) in [6.07, 6.45) is 3.98. The molecule has 2 aromatic carbocycles. The molecule has 0 aliphatic carbocycles. The average molecular weight is 325 g/mol. The van der Waals surface area contributed by atoms with E-state index in [-0.39, 0.29) is 12.0 Å². The van der Waals surface area contributed by atoms with E-state index in [4.69, 9.17) is 4.74 Å². The van der Waals surface area contributed by atoms with Crippen LogP contribution in [0.5, 0.6) is 0 Å². The van der Waals surface area contributed by atoms with Gasteiger partial charge in [0.2, 0.25) is 5.91 Å². The normalized spacial score (nSPS) is 18.9. The van der Waals surface area contributed by atoms with Crippen LogP contribution >= 0.6 is 0 Å². The molecule has 3 heteroatoms. The first-order valence-corrected chi connectivity index (χ1v) is 8.99. The zero-order valence-electron chi connectivity index (χ0n) is 14.7. The molecule has 1 saturated heterocycles. The van der Waals surface area contributed by atoms with Crippen molar-refractivity contribution in [3.63, 3.8) is 0 Å². The molecule has 24 heavy (non-hydrogen) atoms. The Morgan fingerprint density at radius 1 is 1.25 bits per heavy atom. The molecular weight excluding hydrogens is 298 g/mol. The maximum absolute atomic E-state index is 12.9. The molecule has 2 atom stereocenters. The van der Waals surface area contributed by atoms with Crippen molar-refractivity contribution in [2.75, 3.05) is 20.3 Å². The molecule has 1 aliphatic rings. The van der Waals surface area contributed by atoms with Crippen molar-refractivity contribution >= 4 is 16.7 Å². The van der Waals surface area contributed by atoms with Gasteiger partial charge in [-0.25, -0.2) is 0 Å². The molecule has 0 saturated carbocycles. The van der Waals surface area contributed by atoms with Crippen molar-refractivity contribution in [3.05, 3.63) is 48.0 Å². The first-order chi connectivity index (χ1) is 11.7. The lowest BCUT2D eigenvalue weighted by Gasteiger charge is -2.28. The van der Waals surface area contributed by atoms with Gasteiger partial charge >= 0.3 is 0 Å². The third-order valence-electron chi connectivity index (χ3n) is 5.13. The number of nitrogens with zero attached hydrogens (tertiary/aromatic N) is 1. The molecule has 3 nitrogen and oxygen atoms in total. The standard InChI is InChI=1S/C21H27NO2/c1-16(8-7-15-24-2)21(23)22-14-6-13-20(22)19-12-5-10-17-9-3-4-11-18(17)19/h3-5,9-12,16,20H,6-8,13-15H2,1-2H3/t16-,20-/m0/s1. The van der Waals surface area contributed by atoms with Gasteiger partial charge in [0.15, 0.2) is 0 Å². The molecule has 0 spiro atoms. The van der Waals surface area contributed by atoms with E-state index in [9.17, 15) is 4.79 Å². The maximum Gasteiger partial charge on any atom is 0.225 e. The fraction of sp³-hybridized carbons (Fsp3) is 0.476. The van der Waals surface area contributed by atoms with E-state index in [2.05, 4.69) is 54.3 Å². The third-order valence-corrected chi connectivity index (χ3v) is 5.13. The lowest BCUT2D eigenvalue weighted by atomic mass is 9.96. The first kappa shape index (κ1) is 17.0. The Balaban J connectivity index is 1.81. The second-order valence-corrected chi connectivity index (χ2v) is 6.79. The average Bonchev–Trinajstić information content (AvgIpc) is 3.10. The van der Waals surface area contributed by atoms with Gasteiger partial charge in [-0.05, 0) is 42.0 Å². The summed E-state index contributed by atoms with van der Waals surface area (Å²) < 4.78 is 5.11. The Kier molecular flexibility index (Phi) is 5.52. The molecule has 0 unspecified atom stereocenters. The van der Waals surface area contributed by atoms with Crippen molar-refractivity contribution < 1.29 is 9.53 Å². The van der Waals surface area contributed by atoms with Crippen LogP contribution in [0.1, 0.15) is 44.2 Å². The fourth-order valence-corrected chi connectivity index (χ4v) is 3.84. The molecule has 0 aromatic heterocycles. The van der Waals surface area contributed by atoms with Crippen LogP contribution in [0, 0.1) is 5.92 Å². The zero-order chi connectivity index (χ0) is 16.9. The summed E-state index contributed by atoms with van der Waals surface area (Å²) in [5.41, 5.74) is 1.29. The lowest BCUT2D eigenvalue weighted by Crippen LogP contribution is -2.35. The van der Waals surface area contributed by atoms with E-state index < -0.39 is 0 Å². The van der Waals surface area contributed by atoms with Crippen molar-refractivity contribution in [1.29, 1.82) is 0 Å². The molecule has 1 aliphatic heterocycles. The predicted octanol–water partition coefficient (Wildman–Crippen LogP) is 4.57. The number of hydrogen-bond donors (Lipinski definition) is 0. The summed E-state index contributed by atoms with van der Waals surface area (Å²) in [5, 5.41) is 2.53. The van der Waals surface area contributed by atoms with Crippen molar-refractivity contribution in [3.8, 4) is 0 Å². The Morgan fingerprint density at radius 2 is 2.04 bits per heavy atom. The van der Waals surface area contributed by atoms with Crippen molar-refractivity contribution in [1.82, 2.24) is 4.90 Å². The highest BCUT2D eigenvalue weighted by Gasteiger charge is 2.32.